The number of imide groups is 1. The number of halogens is 3. The molecule has 14 nitrogen and oxygen atoms in total. The number of carbonyl (C=O) groups excluding carboxylic acids is 4. The molecule has 3 N–H and O–H groups in total. The number of nitrogens with one attached hydrogen (secondary N) is 2. The van der Waals surface area contributed by atoms with Crippen LogP contribution in [0.1, 0.15) is 101 Å². The lowest BCUT2D eigenvalue weighted by atomic mass is 9.90. The molecule has 0 radical (unpaired) electrons. The molecular formula is C44H50F3N5O9. The molecule has 0 fully saturated rings. The van der Waals surface area contributed by atoms with Gasteiger partial charge in [-0.3, -0.25) is 14.9 Å². The lowest BCUT2D eigenvalue weighted by Gasteiger charge is -2.29. The standard InChI is InChI=1S/C44H50F3N5O9/c1-23-16-25-10-13-29(23)24(2)22-59-40(56)50-27-11-14-30(33(39(54)55)19-35(46)47)26(17-27)21-51(9)38(53)36(25)49-28-12-15-31-32(18-28)34(45)20-48-37(31)52(41(57)60-43(3,4)5)42(58)61-44(6,7)8/h10-18,20,24,33,35-36,49H,19,21-22H2,1-9H3,(H,50,56)(H,54,55)/t24-,33-,36+/m0/s1. The number of carboxylic acid groups (broad SMARTS) is 1. The van der Waals surface area contributed by atoms with E-state index in [1.807, 2.05) is 13.8 Å². The number of amides is 4. The average Bonchev–Trinajstić information content (AvgIpc) is 3.14. The Labute approximate surface area is 351 Å². The fraction of sp³-hybridized carbons (Fsp3) is 0.409. The molecule has 3 atom stereocenters. The van der Waals surface area contributed by atoms with Crippen LogP contribution in [-0.2, 0) is 30.3 Å². The summed E-state index contributed by atoms with van der Waals surface area (Å²) in [6.45, 7) is 13.1. The van der Waals surface area contributed by atoms with Crippen molar-refractivity contribution in [3.05, 3.63) is 94.4 Å². The average molecular weight is 850 g/mol. The van der Waals surface area contributed by atoms with Crippen molar-refractivity contribution in [3.8, 4) is 0 Å². The van der Waals surface area contributed by atoms with Crippen molar-refractivity contribution in [2.45, 2.75) is 104 Å². The second-order valence-electron chi connectivity index (χ2n) is 16.9. The summed E-state index contributed by atoms with van der Waals surface area (Å²) in [7, 11) is 1.45. The molecule has 4 bridgehead atoms. The van der Waals surface area contributed by atoms with E-state index in [0.29, 0.717) is 10.5 Å². The zero-order valence-corrected chi connectivity index (χ0v) is 35.4. The number of carboxylic acids is 1. The number of hydrogen-bond donors (Lipinski definition) is 3. The lowest BCUT2D eigenvalue weighted by Crippen LogP contribution is -2.44. The number of nitrogens with zero attached hydrogens (tertiary/aromatic N) is 3. The number of pyridine rings is 1. The van der Waals surface area contributed by atoms with Gasteiger partial charge in [-0.25, -0.2) is 32.5 Å². The molecule has 0 saturated carbocycles. The molecule has 0 aliphatic carbocycles. The Hall–Kier alpha value is -6.39. The first-order chi connectivity index (χ1) is 28.4. The van der Waals surface area contributed by atoms with Crippen molar-refractivity contribution in [3.63, 3.8) is 0 Å². The van der Waals surface area contributed by atoms with E-state index in [9.17, 15) is 37.9 Å². The van der Waals surface area contributed by atoms with Crippen LogP contribution < -0.4 is 15.5 Å². The molecule has 61 heavy (non-hydrogen) atoms. The van der Waals surface area contributed by atoms with E-state index in [4.69, 9.17) is 14.2 Å². The number of aliphatic carboxylic acids is 1. The molecule has 2 aliphatic rings. The van der Waals surface area contributed by atoms with Crippen LogP contribution in [0.15, 0.2) is 60.8 Å². The smallest absolute Gasteiger partial charge is 0.425 e. The van der Waals surface area contributed by atoms with Crippen molar-refractivity contribution < 1.29 is 56.5 Å². The van der Waals surface area contributed by atoms with Crippen molar-refractivity contribution >= 4 is 58.1 Å². The number of aromatic nitrogens is 1. The first-order valence-electron chi connectivity index (χ1n) is 19.5. The summed E-state index contributed by atoms with van der Waals surface area (Å²) in [5, 5.41) is 15.7. The van der Waals surface area contributed by atoms with Gasteiger partial charge in [-0.2, -0.15) is 4.90 Å². The minimum atomic E-state index is -2.95. The summed E-state index contributed by atoms with van der Waals surface area (Å²) in [6, 6.07) is 12.6. The third-order valence-corrected chi connectivity index (χ3v) is 9.62. The van der Waals surface area contributed by atoms with Crippen LogP contribution in [0.4, 0.5) is 44.7 Å². The summed E-state index contributed by atoms with van der Waals surface area (Å²) >= 11 is 0. The van der Waals surface area contributed by atoms with Crippen LogP contribution in [0.25, 0.3) is 10.8 Å². The fourth-order valence-electron chi connectivity index (χ4n) is 6.91. The summed E-state index contributed by atoms with van der Waals surface area (Å²) in [5.41, 5.74) is 0.640. The molecule has 3 aromatic carbocycles. The zero-order chi connectivity index (χ0) is 45.1. The Kier molecular flexibility index (Phi) is 13.5. The highest BCUT2D eigenvalue weighted by atomic mass is 19.3. The monoisotopic (exact) mass is 849 g/mol. The largest absolute Gasteiger partial charge is 0.481 e. The van der Waals surface area contributed by atoms with E-state index in [0.717, 1.165) is 17.3 Å². The van der Waals surface area contributed by atoms with Crippen LogP contribution in [-0.4, -0.2) is 76.4 Å². The highest BCUT2D eigenvalue weighted by molar-refractivity contribution is 6.14. The number of benzene rings is 3. The molecule has 0 unspecified atom stereocenters. The highest BCUT2D eigenvalue weighted by Crippen LogP contribution is 2.35. The van der Waals surface area contributed by atoms with Gasteiger partial charge in [-0.15, -0.1) is 0 Å². The summed E-state index contributed by atoms with van der Waals surface area (Å²) < 4.78 is 59.5. The molecular weight excluding hydrogens is 800 g/mol. The van der Waals surface area contributed by atoms with Gasteiger partial charge in [0.05, 0.1) is 18.7 Å². The van der Waals surface area contributed by atoms with E-state index in [1.165, 1.54) is 48.3 Å². The van der Waals surface area contributed by atoms with Crippen LogP contribution in [0, 0.1) is 12.7 Å². The highest BCUT2D eigenvalue weighted by Gasteiger charge is 2.36. The second kappa shape index (κ2) is 18.1. The number of aryl methyl sites for hydroxylation is 1. The Bertz CT molecular complexity index is 2320. The Balaban J connectivity index is 1.62. The first-order valence-corrected chi connectivity index (χ1v) is 19.5. The van der Waals surface area contributed by atoms with E-state index in [2.05, 4.69) is 15.6 Å². The topological polar surface area (TPSA) is 177 Å². The first kappa shape index (κ1) is 45.7. The minimum Gasteiger partial charge on any atom is -0.481 e. The molecule has 4 amide bonds. The van der Waals surface area contributed by atoms with Gasteiger partial charge in [0.1, 0.15) is 23.1 Å². The van der Waals surface area contributed by atoms with E-state index in [1.54, 1.807) is 59.7 Å². The Morgan fingerprint density at radius 3 is 2.23 bits per heavy atom. The quantitative estimate of drug-likeness (QED) is 0.151. The molecule has 17 heteroatoms. The number of fused-ring (bicyclic) bond motifs is 10. The predicted octanol–water partition coefficient (Wildman–Crippen LogP) is 9.66. The summed E-state index contributed by atoms with van der Waals surface area (Å²) in [4.78, 5) is 72.7. The number of alkyl halides is 2. The van der Waals surface area contributed by atoms with Crippen molar-refractivity contribution in [2.24, 2.45) is 0 Å². The minimum absolute atomic E-state index is 0.0193. The van der Waals surface area contributed by atoms with E-state index in [-0.39, 0.29) is 58.2 Å². The van der Waals surface area contributed by atoms with Gasteiger partial charge in [-0.1, -0.05) is 31.2 Å². The summed E-state index contributed by atoms with van der Waals surface area (Å²) in [5.74, 6) is -5.04. The zero-order valence-electron chi connectivity index (χ0n) is 35.4. The molecule has 326 valence electrons. The number of anilines is 3. The third-order valence-electron chi connectivity index (χ3n) is 9.62. The predicted molar refractivity (Wildman–Crippen MR) is 221 cm³/mol. The SMILES string of the molecule is Cc1cc2ccc1[C@@H](C)COC(=O)Nc1ccc([C@H](CC(F)F)C(=O)O)c(c1)CN(C)C(=O)[C@@H]2Nc1ccc2c(N(C(=O)OC(C)(C)C)C(=O)OC(C)(C)C)ncc(F)c2c1. The molecule has 4 aromatic rings. The van der Waals surface area contributed by atoms with Gasteiger partial charge in [0.2, 0.25) is 12.3 Å². The number of carbonyl (C=O) groups is 5. The normalized spacial score (nSPS) is 16.8. The molecule has 2 aliphatic heterocycles. The van der Waals surface area contributed by atoms with Crippen molar-refractivity contribution in [1.82, 2.24) is 9.88 Å². The molecule has 0 spiro atoms. The lowest BCUT2D eigenvalue weighted by molar-refractivity contribution is -0.139. The maximum absolute atomic E-state index is 15.7. The maximum Gasteiger partial charge on any atom is 0.425 e. The van der Waals surface area contributed by atoms with Crippen LogP contribution in [0.5, 0.6) is 0 Å². The van der Waals surface area contributed by atoms with Crippen LogP contribution in [0.3, 0.4) is 0 Å². The second-order valence-corrected chi connectivity index (χ2v) is 16.9. The molecule has 3 heterocycles. The number of likely N-dealkylation sites (N-methyl/N-ethyl adjacent to an activating group) is 1. The van der Waals surface area contributed by atoms with Crippen molar-refractivity contribution in [2.75, 3.05) is 29.2 Å². The maximum atomic E-state index is 15.7. The van der Waals surface area contributed by atoms with Crippen LogP contribution >= 0.6 is 0 Å². The van der Waals surface area contributed by atoms with Gasteiger partial charge in [0.25, 0.3) is 0 Å². The molecule has 6 rings (SSSR count). The third kappa shape index (κ3) is 11.3. The van der Waals surface area contributed by atoms with E-state index < -0.39 is 72.0 Å². The van der Waals surface area contributed by atoms with E-state index >= 15 is 4.39 Å². The number of hydrogen-bond acceptors (Lipinski definition) is 10. The fourth-order valence-corrected chi connectivity index (χ4v) is 6.91. The number of rotatable bonds is 7. The Morgan fingerprint density at radius 1 is 0.984 bits per heavy atom. The Morgan fingerprint density at radius 2 is 1.64 bits per heavy atom. The summed E-state index contributed by atoms with van der Waals surface area (Å²) in [6.07, 6.45) is -6.11. The number of ether oxygens (including phenoxy) is 3. The van der Waals surface area contributed by atoms with Gasteiger partial charge >= 0.3 is 24.2 Å². The molecule has 0 saturated heterocycles. The van der Waals surface area contributed by atoms with Gasteiger partial charge in [0.15, 0.2) is 5.82 Å². The van der Waals surface area contributed by atoms with Gasteiger partial charge in [0, 0.05) is 48.1 Å². The van der Waals surface area contributed by atoms with Crippen LogP contribution in [0.2, 0.25) is 0 Å². The van der Waals surface area contributed by atoms with Crippen molar-refractivity contribution in [1.29, 1.82) is 0 Å². The molecule has 1 aromatic heterocycles. The van der Waals surface area contributed by atoms with Gasteiger partial charge < -0.3 is 29.5 Å². The van der Waals surface area contributed by atoms with Gasteiger partial charge in [-0.05, 0) is 107 Å².